The Hall–Kier alpha value is -1.32. The lowest BCUT2D eigenvalue weighted by Crippen LogP contribution is -2.43. The van der Waals surface area contributed by atoms with Crippen LogP contribution in [-0.2, 0) is 5.41 Å². The van der Waals surface area contributed by atoms with Gasteiger partial charge in [0.05, 0.1) is 5.92 Å². The molecule has 1 heterocycles. The highest BCUT2D eigenvalue weighted by Gasteiger charge is 2.53. The maximum Gasteiger partial charge on any atom is 0.401 e. The molecule has 0 amide bonds. The number of phenols is 1. The lowest BCUT2D eigenvalue weighted by molar-refractivity contribution is -0.236. The second-order valence-corrected chi connectivity index (χ2v) is 7.31. The number of fused-ring (bicyclic) bond motifs is 3. The Morgan fingerprint density at radius 2 is 1.95 bits per heavy atom. The normalized spacial score (nSPS) is 26.8. The summed E-state index contributed by atoms with van der Waals surface area (Å²) in [5.74, 6) is -0.831. The van der Waals surface area contributed by atoms with Gasteiger partial charge in [-0.25, -0.2) is 0 Å². The number of aromatic hydroxyl groups is 1. The van der Waals surface area contributed by atoms with Crippen LogP contribution in [0.1, 0.15) is 69.9 Å². The Labute approximate surface area is 130 Å². The molecule has 1 fully saturated rings. The Balaban J connectivity index is 2.11. The molecule has 1 aliphatic carbocycles. The third-order valence-corrected chi connectivity index (χ3v) is 5.60. The van der Waals surface area contributed by atoms with Crippen LogP contribution in [-0.4, -0.2) is 11.2 Å². The van der Waals surface area contributed by atoms with Crippen LogP contribution >= 0.6 is 0 Å². The highest BCUT2D eigenvalue weighted by atomic mass is 19.3. The number of hydrogen-bond acceptors (Lipinski definition) is 2. The first-order chi connectivity index (χ1) is 10.3. The summed E-state index contributed by atoms with van der Waals surface area (Å²) in [6, 6.07) is 3.44. The molecule has 0 saturated heterocycles. The maximum atomic E-state index is 14.4. The van der Waals surface area contributed by atoms with E-state index in [1.54, 1.807) is 12.1 Å². The molecule has 0 aromatic heterocycles. The first kappa shape index (κ1) is 15.6. The number of phenolic OH excluding ortho intramolecular Hbond substituents is 1. The minimum atomic E-state index is -3.14. The summed E-state index contributed by atoms with van der Waals surface area (Å²) in [5, 5.41) is 10.5. The van der Waals surface area contributed by atoms with Gasteiger partial charge in [0.25, 0.3) is 0 Å². The summed E-state index contributed by atoms with van der Waals surface area (Å²) < 4.78 is 33.8. The quantitative estimate of drug-likeness (QED) is 0.799. The highest BCUT2D eigenvalue weighted by molar-refractivity contribution is 5.53. The van der Waals surface area contributed by atoms with Crippen molar-refractivity contribution in [2.75, 3.05) is 0 Å². The molecule has 3 rings (SSSR count). The van der Waals surface area contributed by atoms with Gasteiger partial charge in [0.2, 0.25) is 0 Å². The van der Waals surface area contributed by atoms with Crippen molar-refractivity contribution in [1.29, 1.82) is 0 Å². The van der Waals surface area contributed by atoms with Gasteiger partial charge in [0.15, 0.2) is 0 Å². The molecule has 2 aliphatic rings. The standard InChI is InChI=1S/C18H24F2O2/c1-4-17(2,3)11-9-14(21)16-12-7-5-6-8-13(12)18(19,20)22-15(16)10-11/h9-10,12-13,21H,4-8H2,1-3H3. The number of rotatable bonds is 2. The zero-order valence-electron chi connectivity index (χ0n) is 13.5. The molecule has 22 heavy (non-hydrogen) atoms. The maximum absolute atomic E-state index is 14.4. The monoisotopic (exact) mass is 310 g/mol. The van der Waals surface area contributed by atoms with Crippen LogP contribution in [0.5, 0.6) is 11.5 Å². The van der Waals surface area contributed by atoms with Crippen molar-refractivity contribution in [2.24, 2.45) is 5.92 Å². The van der Waals surface area contributed by atoms with Gasteiger partial charge in [-0.2, -0.15) is 8.78 Å². The first-order valence-electron chi connectivity index (χ1n) is 8.20. The number of alkyl halides is 2. The second-order valence-electron chi connectivity index (χ2n) is 7.31. The summed E-state index contributed by atoms with van der Waals surface area (Å²) in [6.45, 7) is 6.13. The number of benzene rings is 1. The minimum Gasteiger partial charge on any atom is -0.508 e. The van der Waals surface area contributed by atoms with E-state index >= 15 is 0 Å². The van der Waals surface area contributed by atoms with Gasteiger partial charge >= 0.3 is 6.11 Å². The number of halogens is 2. The minimum absolute atomic E-state index is 0.112. The SMILES string of the molecule is CCC(C)(C)c1cc(O)c2c(c1)OC(F)(F)C1CCCCC21. The summed E-state index contributed by atoms with van der Waals surface area (Å²) >= 11 is 0. The summed E-state index contributed by atoms with van der Waals surface area (Å²) in [4.78, 5) is 0. The van der Waals surface area contributed by atoms with Crippen molar-refractivity contribution < 1.29 is 18.6 Å². The lowest BCUT2D eigenvalue weighted by atomic mass is 9.71. The smallest absolute Gasteiger partial charge is 0.401 e. The third kappa shape index (κ3) is 2.37. The van der Waals surface area contributed by atoms with E-state index in [1.807, 2.05) is 20.8 Å². The van der Waals surface area contributed by atoms with Crippen LogP contribution in [0, 0.1) is 5.92 Å². The van der Waals surface area contributed by atoms with E-state index in [-0.39, 0.29) is 22.8 Å². The summed E-state index contributed by atoms with van der Waals surface area (Å²) in [6.07, 6.45) is 0.599. The van der Waals surface area contributed by atoms with E-state index in [2.05, 4.69) is 0 Å². The highest BCUT2D eigenvalue weighted by Crippen LogP contribution is 2.56. The summed E-state index contributed by atoms with van der Waals surface area (Å²) in [5.41, 5.74) is 1.25. The van der Waals surface area contributed by atoms with Crippen LogP contribution in [0.4, 0.5) is 8.78 Å². The van der Waals surface area contributed by atoms with Gasteiger partial charge in [-0.15, -0.1) is 0 Å². The van der Waals surface area contributed by atoms with Gasteiger partial charge in [-0.05, 0) is 42.4 Å². The van der Waals surface area contributed by atoms with Gasteiger partial charge < -0.3 is 9.84 Å². The van der Waals surface area contributed by atoms with Crippen LogP contribution in [0.25, 0.3) is 0 Å². The van der Waals surface area contributed by atoms with E-state index in [4.69, 9.17) is 4.74 Å². The average Bonchev–Trinajstić information content (AvgIpc) is 2.46. The molecule has 1 saturated carbocycles. The van der Waals surface area contributed by atoms with Gasteiger partial charge in [-0.3, -0.25) is 0 Å². The zero-order chi connectivity index (χ0) is 16.1. The van der Waals surface area contributed by atoms with Crippen molar-refractivity contribution in [3.05, 3.63) is 23.3 Å². The third-order valence-electron chi connectivity index (χ3n) is 5.60. The fraction of sp³-hybridized carbons (Fsp3) is 0.667. The molecule has 0 radical (unpaired) electrons. The van der Waals surface area contributed by atoms with Crippen molar-refractivity contribution in [1.82, 2.24) is 0 Å². The molecular formula is C18H24F2O2. The second kappa shape index (κ2) is 5.10. The van der Waals surface area contributed by atoms with Gasteiger partial charge in [0, 0.05) is 11.5 Å². The summed E-state index contributed by atoms with van der Waals surface area (Å²) in [7, 11) is 0. The molecule has 1 aromatic carbocycles. The van der Waals surface area contributed by atoms with Crippen LogP contribution in [0.3, 0.4) is 0 Å². The van der Waals surface area contributed by atoms with Gasteiger partial charge in [-0.1, -0.05) is 33.6 Å². The van der Waals surface area contributed by atoms with Crippen molar-refractivity contribution >= 4 is 0 Å². The van der Waals surface area contributed by atoms with Crippen LogP contribution in [0.2, 0.25) is 0 Å². The molecule has 4 heteroatoms. The largest absolute Gasteiger partial charge is 0.508 e. The van der Waals surface area contributed by atoms with Crippen molar-refractivity contribution in [3.63, 3.8) is 0 Å². The Morgan fingerprint density at radius 1 is 1.27 bits per heavy atom. The molecule has 0 spiro atoms. The van der Waals surface area contributed by atoms with E-state index in [0.717, 1.165) is 24.8 Å². The Morgan fingerprint density at radius 3 is 2.64 bits per heavy atom. The molecular weight excluding hydrogens is 286 g/mol. The zero-order valence-corrected chi connectivity index (χ0v) is 13.5. The average molecular weight is 310 g/mol. The molecule has 2 unspecified atom stereocenters. The fourth-order valence-electron chi connectivity index (χ4n) is 3.76. The molecule has 1 aliphatic heterocycles. The molecule has 1 N–H and O–H groups in total. The van der Waals surface area contributed by atoms with Crippen LogP contribution in [0.15, 0.2) is 12.1 Å². The van der Waals surface area contributed by atoms with Crippen molar-refractivity contribution in [3.8, 4) is 11.5 Å². The van der Waals surface area contributed by atoms with E-state index in [0.29, 0.717) is 18.4 Å². The number of ether oxygens (including phenoxy) is 1. The topological polar surface area (TPSA) is 29.5 Å². The Kier molecular flexibility index (Phi) is 3.61. The predicted molar refractivity (Wildman–Crippen MR) is 81.7 cm³/mol. The van der Waals surface area contributed by atoms with Gasteiger partial charge in [0.1, 0.15) is 11.5 Å². The number of hydrogen-bond donors (Lipinski definition) is 1. The van der Waals surface area contributed by atoms with E-state index in [1.165, 1.54) is 0 Å². The van der Waals surface area contributed by atoms with Crippen molar-refractivity contribution in [2.45, 2.75) is 70.3 Å². The molecule has 2 nitrogen and oxygen atoms in total. The Bertz CT molecular complexity index is 581. The van der Waals surface area contributed by atoms with Crippen LogP contribution < -0.4 is 4.74 Å². The fourth-order valence-corrected chi connectivity index (χ4v) is 3.76. The van der Waals surface area contributed by atoms with E-state index < -0.39 is 12.0 Å². The lowest BCUT2D eigenvalue weighted by Gasteiger charge is -2.42. The molecule has 2 atom stereocenters. The molecule has 122 valence electrons. The van der Waals surface area contributed by atoms with E-state index in [9.17, 15) is 13.9 Å². The predicted octanol–water partition coefficient (Wildman–Crippen LogP) is 5.34. The molecule has 0 bridgehead atoms. The molecule has 1 aromatic rings. The first-order valence-corrected chi connectivity index (χ1v) is 8.20.